The predicted octanol–water partition coefficient (Wildman–Crippen LogP) is 2.84. The van der Waals surface area contributed by atoms with E-state index in [9.17, 15) is 9.18 Å². The van der Waals surface area contributed by atoms with Gasteiger partial charge >= 0.3 is 0 Å². The lowest BCUT2D eigenvalue weighted by Gasteiger charge is -2.32. The summed E-state index contributed by atoms with van der Waals surface area (Å²) in [6, 6.07) is 6.22. The number of rotatable bonds is 5. The maximum Gasteiger partial charge on any atom is 0.225 e. The second-order valence-electron chi connectivity index (χ2n) is 6.18. The fourth-order valence-electron chi connectivity index (χ4n) is 3.05. The van der Waals surface area contributed by atoms with E-state index in [1.54, 1.807) is 24.5 Å². The summed E-state index contributed by atoms with van der Waals surface area (Å²) in [5.74, 6) is 0.363. The molecule has 1 N–H and O–H groups in total. The van der Waals surface area contributed by atoms with Crippen molar-refractivity contribution in [2.75, 3.05) is 24.5 Å². The van der Waals surface area contributed by atoms with E-state index in [0.717, 1.165) is 31.9 Å². The number of aromatic nitrogens is 2. The topological polar surface area (TPSA) is 58.1 Å². The van der Waals surface area contributed by atoms with Crippen molar-refractivity contribution in [3.63, 3.8) is 0 Å². The van der Waals surface area contributed by atoms with E-state index < -0.39 is 5.82 Å². The summed E-state index contributed by atoms with van der Waals surface area (Å²) < 4.78 is 13.8. The minimum absolute atomic E-state index is 0.0518. The lowest BCUT2D eigenvalue weighted by molar-refractivity contribution is -0.120. The van der Waals surface area contributed by atoms with Crippen LogP contribution in [-0.2, 0) is 11.2 Å². The number of carbonyl (C=O) groups is 1. The first-order valence-electron chi connectivity index (χ1n) is 8.35. The molecule has 1 aliphatic heterocycles. The Bertz CT molecular complexity index is 708. The van der Waals surface area contributed by atoms with Crippen LogP contribution in [0.25, 0.3) is 0 Å². The van der Waals surface area contributed by atoms with Crippen molar-refractivity contribution in [1.29, 1.82) is 0 Å². The fourth-order valence-corrected chi connectivity index (χ4v) is 3.28. The summed E-state index contributed by atoms with van der Waals surface area (Å²) in [5, 5.41) is 3.17. The maximum atomic E-state index is 13.8. The molecule has 0 aliphatic carbocycles. The van der Waals surface area contributed by atoms with Gasteiger partial charge in [0.15, 0.2) is 0 Å². The summed E-state index contributed by atoms with van der Waals surface area (Å²) in [6.45, 7) is 2.26. The average Bonchev–Trinajstić information content (AvgIpc) is 2.64. The minimum Gasteiger partial charge on any atom is -0.355 e. The molecule has 1 fully saturated rings. The van der Waals surface area contributed by atoms with E-state index in [2.05, 4.69) is 20.2 Å². The molecule has 0 unspecified atom stereocenters. The van der Waals surface area contributed by atoms with Crippen molar-refractivity contribution in [2.24, 2.45) is 5.92 Å². The first-order chi connectivity index (χ1) is 12.1. The molecule has 0 bridgehead atoms. The second kappa shape index (κ2) is 8.25. The molecule has 1 saturated heterocycles. The van der Waals surface area contributed by atoms with Crippen molar-refractivity contribution in [3.8, 4) is 0 Å². The fraction of sp³-hybridized carbons (Fsp3) is 0.389. The Morgan fingerprint density at radius 2 is 2.12 bits per heavy atom. The highest BCUT2D eigenvalue weighted by molar-refractivity contribution is 6.31. The van der Waals surface area contributed by atoms with Crippen LogP contribution in [0.1, 0.15) is 18.4 Å². The van der Waals surface area contributed by atoms with Gasteiger partial charge < -0.3 is 10.2 Å². The van der Waals surface area contributed by atoms with E-state index in [1.807, 2.05) is 0 Å². The van der Waals surface area contributed by atoms with Crippen LogP contribution in [0.3, 0.4) is 0 Å². The number of hydrogen-bond acceptors (Lipinski definition) is 4. The Hall–Kier alpha value is -2.21. The van der Waals surface area contributed by atoms with Crippen LogP contribution in [0.5, 0.6) is 0 Å². The zero-order valence-corrected chi connectivity index (χ0v) is 14.5. The molecule has 25 heavy (non-hydrogen) atoms. The van der Waals surface area contributed by atoms with Gasteiger partial charge in [0, 0.05) is 42.6 Å². The molecule has 3 rings (SSSR count). The number of halogens is 2. The molecule has 2 aromatic rings. The van der Waals surface area contributed by atoms with E-state index in [-0.39, 0.29) is 22.9 Å². The molecule has 1 aromatic heterocycles. The van der Waals surface area contributed by atoms with Crippen molar-refractivity contribution in [1.82, 2.24) is 15.3 Å². The van der Waals surface area contributed by atoms with Crippen molar-refractivity contribution in [2.45, 2.75) is 19.3 Å². The number of hydrogen-bond donors (Lipinski definition) is 1. The molecule has 0 radical (unpaired) electrons. The summed E-state index contributed by atoms with van der Waals surface area (Å²) in [5.41, 5.74) is 0.240. The molecule has 1 aromatic carbocycles. The van der Waals surface area contributed by atoms with E-state index in [0.29, 0.717) is 12.5 Å². The SMILES string of the molecule is O=C(Cc1c(F)cccc1Cl)NC[C@@H]1CCCN(c2ncccn2)C1. The number of anilines is 1. The van der Waals surface area contributed by atoms with Crippen LogP contribution in [-0.4, -0.2) is 35.5 Å². The minimum atomic E-state index is -0.451. The van der Waals surface area contributed by atoms with Crippen LogP contribution in [0.2, 0.25) is 5.02 Å². The first kappa shape index (κ1) is 17.6. The monoisotopic (exact) mass is 362 g/mol. The van der Waals surface area contributed by atoms with Crippen LogP contribution in [0, 0.1) is 11.7 Å². The third kappa shape index (κ3) is 4.66. The van der Waals surface area contributed by atoms with Gasteiger partial charge in [-0.15, -0.1) is 0 Å². The Balaban J connectivity index is 1.52. The molecule has 2 heterocycles. The number of nitrogens with zero attached hydrogens (tertiary/aromatic N) is 3. The zero-order chi connectivity index (χ0) is 17.6. The number of benzene rings is 1. The Morgan fingerprint density at radius 3 is 2.88 bits per heavy atom. The molecule has 0 spiro atoms. The van der Waals surface area contributed by atoms with Crippen molar-refractivity contribution >= 4 is 23.5 Å². The third-order valence-corrected chi connectivity index (χ3v) is 4.70. The molecule has 7 heteroatoms. The van der Waals surface area contributed by atoms with Crippen LogP contribution >= 0.6 is 11.6 Å². The number of carbonyl (C=O) groups excluding carboxylic acids is 1. The van der Waals surface area contributed by atoms with Gasteiger partial charge in [-0.05, 0) is 37.0 Å². The summed E-state index contributed by atoms with van der Waals surface area (Å²) in [6.07, 6.45) is 5.46. The zero-order valence-electron chi connectivity index (χ0n) is 13.8. The molecule has 5 nitrogen and oxygen atoms in total. The van der Waals surface area contributed by atoms with Crippen LogP contribution in [0.15, 0.2) is 36.7 Å². The molecule has 0 saturated carbocycles. The molecule has 1 aliphatic rings. The van der Waals surface area contributed by atoms with Gasteiger partial charge in [0.1, 0.15) is 5.82 Å². The van der Waals surface area contributed by atoms with E-state index in [4.69, 9.17) is 11.6 Å². The summed E-state index contributed by atoms with van der Waals surface area (Å²) >= 11 is 5.97. The van der Waals surface area contributed by atoms with E-state index >= 15 is 0 Å². The Kier molecular flexibility index (Phi) is 5.81. The average molecular weight is 363 g/mol. The third-order valence-electron chi connectivity index (χ3n) is 4.34. The first-order valence-corrected chi connectivity index (χ1v) is 8.73. The van der Waals surface area contributed by atoms with Gasteiger partial charge in [0.25, 0.3) is 0 Å². The van der Waals surface area contributed by atoms with Gasteiger partial charge in [-0.3, -0.25) is 4.79 Å². The summed E-state index contributed by atoms with van der Waals surface area (Å²) in [7, 11) is 0. The van der Waals surface area contributed by atoms with Gasteiger partial charge in [0.05, 0.1) is 6.42 Å². The standard InChI is InChI=1S/C18H20ClFN4O/c19-15-5-1-6-16(20)14(15)10-17(25)23-11-13-4-2-9-24(12-13)18-21-7-3-8-22-18/h1,3,5-8,13H,2,4,9-12H2,(H,23,25)/t13-/m0/s1. The lowest BCUT2D eigenvalue weighted by atomic mass is 9.98. The van der Waals surface area contributed by atoms with Crippen molar-refractivity contribution in [3.05, 3.63) is 53.1 Å². The second-order valence-corrected chi connectivity index (χ2v) is 6.59. The van der Waals surface area contributed by atoms with Crippen LogP contribution < -0.4 is 10.2 Å². The van der Waals surface area contributed by atoms with Gasteiger partial charge in [-0.1, -0.05) is 17.7 Å². The largest absolute Gasteiger partial charge is 0.355 e. The molecule has 1 amide bonds. The maximum absolute atomic E-state index is 13.8. The van der Waals surface area contributed by atoms with Gasteiger partial charge in [-0.25, -0.2) is 14.4 Å². The normalized spacial score (nSPS) is 17.4. The molecular weight excluding hydrogens is 343 g/mol. The molecule has 1 atom stereocenters. The number of nitrogens with one attached hydrogen (secondary N) is 1. The predicted molar refractivity (Wildman–Crippen MR) is 95.1 cm³/mol. The van der Waals surface area contributed by atoms with Crippen molar-refractivity contribution < 1.29 is 9.18 Å². The number of piperidine rings is 1. The number of amides is 1. The highest BCUT2D eigenvalue weighted by Crippen LogP contribution is 2.21. The molecular formula is C18H20ClFN4O. The molecule has 132 valence electrons. The van der Waals surface area contributed by atoms with Crippen LogP contribution in [0.4, 0.5) is 10.3 Å². The quantitative estimate of drug-likeness (QED) is 0.888. The lowest BCUT2D eigenvalue weighted by Crippen LogP contribution is -2.42. The smallest absolute Gasteiger partial charge is 0.225 e. The van der Waals surface area contributed by atoms with E-state index in [1.165, 1.54) is 12.1 Å². The Labute approximate surface area is 151 Å². The highest BCUT2D eigenvalue weighted by atomic mass is 35.5. The summed E-state index contributed by atoms with van der Waals surface area (Å²) in [4.78, 5) is 22.8. The van der Waals surface area contributed by atoms with Gasteiger partial charge in [0.2, 0.25) is 11.9 Å². The van der Waals surface area contributed by atoms with Gasteiger partial charge in [-0.2, -0.15) is 0 Å². The highest BCUT2D eigenvalue weighted by Gasteiger charge is 2.22. The Morgan fingerprint density at radius 1 is 1.32 bits per heavy atom.